The lowest BCUT2D eigenvalue weighted by Crippen LogP contribution is -2.18. The molecule has 1 N–H and O–H groups in total. The van der Waals surface area contributed by atoms with Crippen molar-refractivity contribution < 1.29 is 4.79 Å². The van der Waals surface area contributed by atoms with E-state index in [-0.39, 0.29) is 5.91 Å². The first-order chi connectivity index (χ1) is 13.2. The molecule has 0 saturated carbocycles. The molecule has 132 valence electrons. The van der Waals surface area contributed by atoms with Crippen LogP contribution in [0.1, 0.15) is 15.2 Å². The quantitative estimate of drug-likeness (QED) is 0.375. The van der Waals surface area contributed by atoms with E-state index in [2.05, 4.69) is 15.5 Å². The molecule has 0 bridgehead atoms. The van der Waals surface area contributed by atoms with Crippen LogP contribution in [0.5, 0.6) is 0 Å². The number of nitrogens with one attached hydrogen (secondary N) is 1. The number of pyridine rings is 1. The van der Waals surface area contributed by atoms with Gasteiger partial charge in [-0.3, -0.25) is 4.79 Å². The van der Waals surface area contributed by atoms with Gasteiger partial charge in [-0.25, -0.2) is 10.4 Å². The Balaban J connectivity index is 1.74. The number of amides is 1. The van der Waals surface area contributed by atoms with Crippen molar-refractivity contribution in [2.75, 3.05) is 0 Å². The van der Waals surface area contributed by atoms with Crippen LogP contribution in [0.15, 0.2) is 77.2 Å². The Morgan fingerprint density at radius 1 is 1.07 bits per heavy atom. The normalized spacial score (nSPS) is 11.1. The number of rotatable bonds is 4. The number of nitrogens with zero attached hydrogens (tertiary/aromatic N) is 2. The number of aromatic nitrogens is 1. The van der Waals surface area contributed by atoms with Crippen molar-refractivity contribution in [1.82, 2.24) is 10.4 Å². The Hall–Kier alpha value is -3.02. The summed E-state index contributed by atoms with van der Waals surface area (Å²) in [5.74, 6) is -0.297. The van der Waals surface area contributed by atoms with Crippen molar-refractivity contribution in [3.05, 3.63) is 87.6 Å². The number of fused-ring (bicyclic) bond motifs is 1. The molecule has 0 saturated heterocycles. The minimum absolute atomic E-state index is 0.297. The predicted molar refractivity (Wildman–Crippen MR) is 112 cm³/mol. The third-order valence-electron chi connectivity index (χ3n) is 4.01. The molecule has 4 rings (SSSR count). The van der Waals surface area contributed by atoms with Crippen molar-refractivity contribution >= 4 is 46.0 Å². The molecule has 2 heterocycles. The Morgan fingerprint density at radius 2 is 1.89 bits per heavy atom. The minimum atomic E-state index is -0.297. The van der Waals surface area contributed by atoms with Crippen LogP contribution < -0.4 is 5.43 Å². The largest absolute Gasteiger partial charge is 0.272 e. The lowest BCUT2D eigenvalue weighted by atomic mass is 10.0. The fourth-order valence-corrected chi connectivity index (χ4v) is 3.57. The molecule has 0 aliphatic carbocycles. The molecule has 6 heteroatoms. The van der Waals surface area contributed by atoms with E-state index in [1.54, 1.807) is 29.7 Å². The van der Waals surface area contributed by atoms with E-state index in [0.29, 0.717) is 16.3 Å². The van der Waals surface area contributed by atoms with Gasteiger partial charge in [0, 0.05) is 20.8 Å². The Labute approximate surface area is 165 Å². The number of carbonyl (C=O) groups excluding carboxylic acids is 1. The number of hydrogen-bond donors (Lipinski definition) is 1. The summed E-state index contributed by atoms with van der Waals surface area (Å²) >= 11 is 7.87. The fraction of sp³-hybridized carbons (Fsp3) is 0. The zero-order chi connectivity index (χ0) is 18.6. The van der Waals surface area contributed by atoms with Gasteiger partial charge in [-0.05, 0) is 29.6 Å². The average Bonchev–Trinajstić information content (AvgIpc) is 3.21. The number of carbonyl (C=O) groups is 1. The van der Waals surface area contributed by atoms with Gasteiger partial charge in [-0.15, -0.1) is 11.3 Å². The van der Waals surface area contributed by atoms with Crippen LogP contribution in [-0.4, -0.2) is 17.1 Å². The fourth-order valence-electron chi connectivity index (χ4n) is 2.75. The maximum atomic E-state index is 12.8. The van der Waals surface area contributed by atoms with Crippen LogP contribution >= 0.6 is 22.9 Å². The van der Waals surface area contributed by atoms with E-state index in [1.165, 1.54) is 0 Å². The van der Waals surface area contributed by atoms with E-state index >= 15 is 0 Å². The third-order valence-corrected chi connectivity index (χ3v) is 5.15. The number of halogens is 1. The first-order valence-electron chi connectivity index (χ1n) is 8.24. The Kier molecular flexibility index (Phi) is 4.96. The Morgan fingerprint density at radius 3 is 2.70 bits per heavy atom. The van der Waals surface area contributed by atoms with E-state index in [1.807, 2.05) is 60.0 Å². The third kappa shape index (κ3) is 3.74. The topological polar surface area (TPSA) is 54.4 Å². The zero-order valence-electron chi connectivity index (χ0n) is 14.1. The molecule has 0 aliphatic heterocycles. The zero-order valence-corrected chi connectivity index (χ0v) is 15.7. The summed E-state index contributed by atoms with van der Waals surface area (Å²) in [5.41, 5.74) is 5.25. The summed E-state index contributed by atoms with van der Waals surface area (Å²) in [6, 6.07) is 20.6. The SMILES string of the molecule is O=C(N/N=C\c1cccs1)c1cc(-c2ccccc2Cl)nc2ccccc12. The second-order valence-electron chi connectivity index (χ2n) is 5.77. The number of benzene rings is 2. The van der Waals surface area contributed by atoms with Gasteiger partial charge in [0.05, 0.1) is 23.0 Å². The summed E-state index contributed by atoms with van der Waals surface area (Å²) in [6.07, 6.45) is 1.63. The molecule has 0 aliphatic rings. The molecule has 1 amide bonds. The number of hydrogen-bond acceptors (Lipinski definition) is 4. The van der Waals surface area contributed by atoms with Crippen LogP contribution in [0.3, 0.4) is 0 Å². The summed E-state index contributed by atoms with van der Waals surface area (Å²) in [4.78, 5) is 18.4. The van der Waals surface area contributed by atoms with E-state index in [4.69, 9.17) is 11.6 Å². The van der Waals surface area contributed by atoms with Gasteiger partial charge in [0.25, 0.3) is 5.91 Å². The van der Waals surface area contributed by atoms with Crippen LogP contribution in [0.2, 0.25) is 5.02 Å². The average molecular weight is 392 g/mol. The summed E-state index contributed by atoms with van der Waals surface area (Å²) in [7, 11) is 0. The highest BCUT2D eigenvalue weighted by Gasteiger charge is 2.14. The van der Waals surface area contributed by atoms with Crippen LogP contribution in [0.4, 0.5) is 0 Å². The molecule has 27 heavy (non-hydrogen) atoms. The van der Waals surface area contributed by atoms with Gasteiger partial charge < -0.3 is 0 Å². The van der Waals surface area contributed by atoms with Gasteiger partial charge in [0.2, 0.25) is 0 Å². The second-order valence-corrected chi connectivity index (χ2v) is 7.15. The molecule has 4 nitrogen and oxygen atoms in total. The van der Waals surface area contributed by atoms with Gasteiger partial charge >= 0.3 is 0 Å². The highest BCUT2D eigenvalue weighted by Crippen LogP contribution is 2.29. The highest BCUT2D eigenvalue weighted by atomic mass is 35.5. The van der Waals surface area contributed by atoms with Crippen molar-refractivity contribution in [3.63, 3.8) is 0 Å². The number of thiophene rings is 1. The van der Waals surface area contributed by atoms with Crippen molar-refractivity contribution in [2.45, 2.75) is 0 Å². The lowest BCUT2D eigenvalue weighted by molar-refractivity contribution is 0.0957. The molecular formula is C21H14ClN3OS. The van der Waals surface area contributed by atoms with Crippen LogP contribution in [0.25, 0.3) is 22.2 Å². The number of para-hydroxylation sites is 1. The van der Waals surface area contributed by atoms with Gasteiger partial charge in [-0.2, -0.15) is 5.10 Å². The van der Waals surface area contributed by atoms with Gasteiger partial charge in [0.1, 0.15) is 0 Å². The maximum Gasteiger partial charge on any atom is 0.272 e. The van der Waals surface area contributed by atoms with Gasteiger partial charge in [-0.1, -0.05) is 54.1 Å². The Bertz CT molecular complexity index is 1140. The lowest BCUT2D eigenvalue weighted by Gasteiger charge is -2.10. The van der Waals surface area contributed by atoms with E-state index < -0.39 is 0 Å². The molecule has 0 unspecified atom stereocenters. The summed E-state index contributed by atoms with van der Waals surface area (Å²) in [6.45, 7) is 0. The molecule has 0 radical (unpaired) electrons. The molecule has 4 aromatic rings. The predicted octanol–water partition coefficient (Wildman–Crippen LogP) is 5.38. The van der Waals surface area contributed by atoms with Crippen molar-refractivity contribution in [2.24, 2.45) is 5.10 Å². The first-order valence-corrected chi connectivity index (χ1v) is 9.50. The smallest absolute Gasteiger partial charge is 0.267 e. The molecule has 0 spiro atoms. The van der Waals surface area contributed by atoms with E-state index in [0.717, 1.165) is 21.3 Å². The van der Waals surface area contributed by atoms with Gasteiger partial charge in [0.15, 0.2) is 0 Å². The van der Waals surface area contributed by atoms with E-state index in [9.17, 15) is 4.79 Å². The monoisotopic (exact) mass is 391 g/mol. The first kappa shape index (κ1) is 17.4. The second kappa shape index (κ2) is 7.70. The van der Waals surface area contributed by atoms with Crippen molar-refractivity contribution in [1.29, 1.82) is 0 Å². The maximum absolute atomic E-state index is 12.8. The molecular weight excluding hydrogens is 378 g/mol. The minimum Gasteiger partial charge on any atom is -0.267 e. The van der Waals surface area contributed by atoms with Crippen molar-refractivity contribution in [3.8, 4) is 11.3 Å². The number of hydrazone groups is 1. The molecule has 0 atom stereocenters. The molecule has 2 aromatic carbocycles. The summed E-state index contributed by atoms with van der Waals surface area (Å²) < 4.78 is 0. The standard InChI is InChI=1S/C21H14ClN3OS/c22-18-9-3-1-8-16(18)20-12-17(15-7-2-4-10-19(15)24-20)21(26)25-23-13-14-6-5-11-27-14/h1-13H,(H,25,26)/b23-13-. The van der Waals surface area contributed by atoms with Crippen LogP contribution in [0, 0.1) is 0 Å². The summed E-state index contributed by atoms with van der Waals surface area (Å²) in [5, 5.41) is 7.36. The van der Waals surface area contributed by atoms with Crippen LogP contribution in [-0.2, 0) is 0 Å². The highest BCUT2D eigenvalue weighted by molar-refractivity contribution is 7.11. The molecule has 0 fully saturated rings. The molecule has 2 aromatic heterocycles.